The predicted molar refractivity (Wildman–Crippen MR) is 51.4 cm³/mol. The van der Waals surface area contributed by atoms with Gasteiger partial charge in [0.25, 0.3) is 5.92 Å². The van der Waals surface area contributed by atoms with Crippen LogP contribution in [0.5, 0.6) is 0 Å². The van der Waals surface area contributed by atoms with Crippen LogP contribution in [0.15, 0.2) is 0 Å². The molecule has 0 bridgehead atoms. The van der Waals surface area contributed by atoms with Crippen molar-refractivity contribution in [3.8, 4) is 0 Å². The van der Waals surface area contributed by atoms with E-state index in [4.69, 9.17) is 16.2 Å². The molecule has 0 rings (SSSR count). The fraction of sp³-hybridized carbons (Fsp3) is 0.750. The predicted octanol–water partition coefficient (Wildman–Crippen LogP) is 0.0530. The van der Waals surface area contributed by atoms with Gasteiger partial charge in [-0.15, -0.1) is 0 Å². The van der Waals surface area contributed by atoms with Gasteiger partial charge in [-0.05, 0) is 0 Å². The molecular weight excluding hydrogens is 208 g/mol. The summed E-state index contributed by atoms with van der Waals surface area (Å²) in [5, 5.41) is 17.6. The van der Waals surface area contributed by atoms with Crippen molar-refractivity contribution in [1.82, 2.24) is 5.32 Å². The number of alkyl halides is 2. The molecule has 0 aromatic carbocycles. The molecule has 0 heterocycles. The van der Waals surface area contributed by atoms with Crippen LogP contribution in [0.4, 0.5) is 8.78 Å². The van der Waals surface area contributed by atoms with Crippen molar-refractivity contribution in [1.29, 1.82) is 5.41 Å². The van der Waals surface area contributed by atoms with E-state index < -0.39 is 30.8 Å². The van der Waals surface area contributed by atoms with E-state index >= 15 is 0 Å². The van der Waals surface area contributed by atoms with Gasteiger partial charge < -0.3 is 21.6 Å². The smallest absolute Gasteiger partial charge is 0.320 e. The van der Waals surface area contributed by atoms with Crippen molar-refractivity contribution >= 4 is 12.2 Å². The lowest BCUT2D eigenvalue weighted by atomic mass is 10.1. The zero-order valence-corrected chi connectivity index (χ0v) is 8.17. The Morgan fingerprint density at radius 2 is 2.27 bits per heavy atom. The van der Waals surface area contributed by atoms with E-state index in [1.54, 1.807) is 0 Å². The molecule has 0 saturated carbocycles. The van der Waals surface area contributed by atoms with Gasteiger partial charge in [-0.2, -0.15) is 0 Å². The van der Waals surface area contributed by atoms with Crippen molar-refractivity contribution in [2.24, 2.45) is 5.73 Å². The minimum atomic E-state index is -3.09. The third-order valence-electron chi connectivity index (χ3n) is 1.75. The Morgan fingerprint density at radius 3 is 2.73 bits per heavy atom. The number of rotatable bonds is 8. The Balaban J connectivity index is 3.85. The molecule has 0 aromatic rings. The Morgan fingerprint density at radius 1 is 1.67 bits per heavy atom. The molecule has 5 nitrogen and oxygen atoms in total. The van der Waals surface area contributed by atoms with Crippen LogP contribution in [0.2, 0.25) is 0 Å². The Bertz CT molecular complexity index is 224. The molecule has 0 radical (unpaired) electrons. The van der Waals surface area contributed by atoms with Crippen LogP contribution < -0.4 is 11.1 Å². The Hall–Kier alpha value is -1.08. The second-order valence-corrected chi connectivity index (χ2v) is 3.16. The number of carboxylic acid groups (broad SMARTS) is 1. The van der Waals surface area contributed by atoms with Gasteiger partial charge >= 0.3 is 5.97 Å². The van der Waals surface area contributed by atoms with Gasteiger partial charge in [0, 0.05) is 32.1 Å². The molecular formula is C8H15F2N3O2. The number of carboxylic acids is 1. The average Bonchev–Trinajstić information content (AvgIpc) is 2.11. The van der Waals surface area contributed by atoms with Crippen LogP contribution in [0.1, 0.15) is 12.8 Å². The highest BCUT2D eigenvalue weighted by molar-refractivity contribution is 5.73. The molecule has 0 amide bonds. The van der Waals surface area contributed by atoms with Gasteiger partial charge in [0.1, 0.15) is 6.04 Å². The maximum atomic E-state index is 13.0. The first-order chi connectivity index (χ1) is 6.89. The lowest BCUT2D eigenvalue weighted by Gasteiger charge is -2.18. The van der Waals surface area contributed by atoms with Crippen LogP contribution in [0.3, 0.4) is 0 Å². The largest absolute Gasteiger partial charge is 0.480 e. The van der Waals surface area contributed by atoms with Gasteiger partial charge in [-0.1, -0.05) is 0 Å². The maximum absolute atomic E-state index is 13.0. The third-order valence-corrected chi connectivity index (χ3v) is 1.75. The first-order valence-corrected chi connectivity index (χ1v) is 4.45. The maximum Gasteiger partial charge on any atom is 0.320 e. The zero-order chi connectivity index (χ0) is 11.9. The lowest BCUT2D eigenvalue weighted by molar-refractivity contribution is -0.141. The highest BCUT2D eigenvalue weighted by Gasteiger charge is 2.33. The minimum Gasteiger partial charge on any atom is -0.480 e. The van der Waals surface area contributed by atoms with Crippen molar-refractivity contribution in [2.45, 2.75) is 24.8 Å². The molecule has 0 aliphatic carbocycles. The minimum absolute atomic E-state index is 0.0225. The number of nitrogens with two attached hydrogens (primary N) is 1. The molecule has 15 heavy (non-hydrogen) atoms. The van der Waals surface area contributed by atoms with Gasteiger partial charge in [-0.25, -0.2) is 8.78 Å². The molecule has 0 aromatic heterocycles. The molecule has 0 saturated heterocycles. The first kappa shape index (κ1) is 13.9. The second kappa shape index (κ2) is 6.41. The van der Waals surface area contributed by atoms with Crippen LogP contribution >= 0.6 is 0 Å². The summed E-state index contributed by atoms with van der Waals surface area (Å²) in [7, 11) is 0. The summed E-state index contributed by atoms with van der Waals surface area (Å²) >= 11 is 0. The topological polar surface area (TPSA) is 99.2 Å². The fourth-order valence-electron chi connectivity index (χ4n) is 0.957. The second-order valence-electron chi connectivity index (χ2n) is 3.16. The van der Waals surface area contributed by atoms with Gasteiger partial charge in [-0.3, -0.25) is 4.79 Å². The van der Waals surface area contributed by atoms with Crippen LogP contribution in [-0.4, -0.2) is 42.3 Å². The Kier molecular flexibility index (Phi) is 5.95. The summed E-state index contributed by atoms with van der Waals surface area (Å²) < 4.78 is 26.0. The van der Waals surface area contributed by atoms with Crippen molar-refractivity contribution in [3.63, 3.8) is 0 Å². The highest BCUT2D eigenvalue weighted by atomic mass is 19.3. The van der Waals surface area contributed by atoms with E-state index in [-0.39, 0.29) is 13.1 Å². The first-order valence-electron chi connectivity index (χ1n) is 4.45. The molecule has 1 atom stereocenters. The van der Waals surface area contributed by atoms with Gasteiger partial charge in [0.05, 0.1) is 0 Å². The van der Waals surface area contributed by atoms with E-state index in [1.807, 2.05) is 0 Å². The molecule has 0 aliphatic rings. The van der Waals surface area contributed by atoms with Gasteiger partial charge in [0.2, 0.25) is 0 Å². The Labute approximate surface area is 86.2 Å². The fourth-order valence-corrected chi connectivity index (χ4v) is 0.957. The summed E-state index contributed by atoms with van der Waals surface area (Å²) in [6.07, 6.45) is -0.294. The molecule has 0 unspecified atom stereocenters. The SMILES string of the molecule is N=CCNCCC(F)(F)C[C@H](N)C(=O)O. The monoisotopic (exact) mass is 223 g/mol. The number of aliphatic carboxylic acids is 1. The molecule has 0 spiro atoms. The lowest BCUT2D eigenvalue weighted by Crippen LogP contribution is -2.38. The molecule has 88 valence electrons. The van der Waals surface area contributed by atoms with E-state index in [9.17, 15) is 13.6 Å². The van der Waals surface area contributed by atoms with Crippen LogP contribution in [0.25, 0.3) is 0 Å². The zero-order valence-electron chi connectivity index (χ0n) is 8.17. The average molecular weight is 223 g/mol. The summed E-state index contributed by atoms with van der Waals surface area (Å²) in [5.74, 6) is -4.52. The van der Waals surface area contributed by atoms with E-state index in [1.165, 1.54) is 0 Å². The molecule has 0 fully saturated rings. The summed E-state index contributed by atoms with van der Waals surface area (Å²) in [6.45, 7) is 0.246. The van der Waals surface area contributed by atoms with E-state index in [0.29, 0.717) is 0 Å². The number of nitrogens with one attached hydrogen (secondary N) is 2. The third kappa shape index (κ3) is 6.92. The molecule has 7 heteroatoms. The molecule has 0 aliphatic heterocycles. The van der Waals surface area contributed by atoms with Crippen molar-refractivity contribution in [3.05, 3.63) is 0 Å². The highest BCUT2D eigenvalue weighted by Crippen LogP contribution is 2.23. The number of hydrogen-bond donors (Lipinski definition) is 4. The van der Waals surface area contributed by atoms with Crippen LogP contribution in [-0.2, 0) is 4.79 Å². The van der Waals surface area contributed by atoms with Crippen molar-refractivity contribution < 1.29 is 18.7 Å². The van der Waals surface area contributed by atoms with Crippen LogP contribution in [0, 0.1) is 5.41 Å². The van der Waals surface area contributed by atoms with Crippen molar-refractivity contribution in [2.75, 3.05) is 13.1 Å². The summed E-state index contributed by atoms with van der Waals surface area (Å²) in [6, 6.07) is -1.54. The standard InChI is InChI=1S/C8H15F2N3O2/c9-8(10,1-3-13-4-2-11)5-6(12)7(14)15/h2,6,11,13H,1,3-5,12H2,(H,14,15)/t6-/m0/s1. The summed E-state index contributed by atoms with van der Waals surface area (Å²) in [5.41, 5.74) is 5.00. The number of hydrogen-bond acceptors (Lipinski definition) is 4. The normalized spacial score (nSPS) is 13.5. The van der Waals surface area contributed by atoms with E-state index in [0.717, 1.165) is 6.21 Å². The molecule has 5 N–H and O–H groups in total. The summed E-state index contributed by atoms with van der Waals surface area (Å²) in [4.78, 5) is 10.2. The van der Waals surface area contributed by atoms with E-state index in [2.05, 4.69) is 5.32 Å². The van der Waals surface area contributed by atoms with Gasteiger partial charge in [0.15, 0.2) is 0 Å². The quantitative estimate of drug-likeness (QED) is 0.345. The number of carbonyl (C=O) groups is 1. The number of halogens is 2.